The summed E-state index contributed by atoms with van der Waals surface area (Å²) in [6.07, 6.45) is -0.275. The Morgan fingerprint density at radius 1 is 1.15 bits per heavy atom. The van der Waals surface area contributed by atoms with E-state index in [2.05, 4.69) is 25.6 Å². The molecule has 146 valence electrons. The third-order valence-electron chi connectivity index (χ3n) is 3.77. The van der Waals surface area contributed by atoms with Gasteiger partial charge in [0.05, 0.1) is 27.8 Å². The zero-order chi connectivity index (χ0) is 18.6. The van der Waals surface area contributed by atoms with Crippen LogP contribution in [0.4, 0.5) is 19.1 Å². The van der Waals surface area contributed by atoms with E-state index in [1.54, 1.807) is 18.5 Å². The Morgan fingerprint density at radius 3 is 2.70 bits per heavy atom. The Kier molecular flexibility index (Phi) is 7.29. The first-order valence-electron chi connectivity index (χ1n) is 8.03. The van der Waals surface area contributed by atoms with E-state index in [0.29, 0.717) is 31.1 Å². The minimum absolute atomic E-state index is 0. The smallest absolute Gasteiger partial charge is 0.356 e. The third-order valence-corrected chi connectivity index (χ3v) is 4.10. The van der Waals surface area contributed by atoms with Crippen LogP contribution in [0.3, 0.4) is 0 Å². The molecule has 0 saturated carbocycles. The predicted molar refractivity (Wildman–Crippen MR) is 102 cm³/mol. The standard InChI is InChI=1S/C17H17ClF3N5.ClH/c18-13-3-2-11(8-12(13)17(19,20)21)9-22-5-1-6-24-16-25-14-4-7-23-10-15(14)26-16;/h2-4,7-8,10,22H,1,5-6,9H2,(H2,24,25,26);1H. The Hall–Kier alpha value is -2.03. The summed E-state index contributed by atoms with van der Waals surface area (Å²) in [4.78, 5) is 11.5. The lowest BCUT2D eigenvalue weighted by Crippen LogP contribution is -2.18. The van der Waals surface area contributed by atoms with Gasteiger partial charge < -0.3 is 15.6 Å². The number of alkyl halides is 3. The van der Waals surface area contributed by atoms with Crippen LogP contribution in [0.25, 0.3) is 11.0 Å². The third kappa shape index (κ3) is 5.72. The van der Waals surface area contributed by atoms with Crippen molar-refractivity contribution in [1.29, 1.82) is 0 Å². The average molecular weight is 420 g/mol. The van der Waals surface area contributed by atoms with E-state index in [0.717, 1.165) is 23.5 Å². The highest BCUT2D eigenvalue weighted by Crippen LogP contribution is 2.35. The van der Waals surface area contributed by atoms with Crippen molar-refractivity contribution >= 4 is 41.0 Å². The van der Waals surface area contributed by atoms with Gasteiger partial charge in [-0.25, -0.2) is 4.98 Å². The van der Waals surface area contributed by atoms with Crippen molar-refractivity contribution in [2.45, 2.75) is 19.1 Å². The summed E-state index contributed by atoms with van der Waals surface area (Å²) in [6.45, 7) is 1.67. The Labute approximate surface area is 165 Å². The van der Waals surface area contributed by atoms with Gasteiger partial charge in [0.25, 0.3) is 0 Å². The fourth-order valence-corrected chi connectivity index (χ4v) is 2.72. The SMILES string of the molecule is Cl.FC(F)(F)c1cc(CNCCCNc2nc3ccncc3[nH]2)ccc1Cl. The Balaban J connectivity index is 0.00000261. The average Bonchev–Trinajstić information content (AvgIpc) is 3.01. The maximum absolute atomic E-state index is 12.8. The molecule has 0 unspecified atom stereocenters. The lowest BCUT2D eigenvalue weighted by molar-refractivity contribution is -0.137. The van der Waals surface area contributed by atoms with Crippen LogP contribution in [0.2, 0.25) is 5.02 Å². The minimum atomic E-state index is -4.45. The van der Waals surface area contributed by atoms with Crippen LogP contribution in [0.5, 0.6) is 0 Å². The maximum atomic E-state index is 12.8. The van der Waals surface area contributed by atoms with Gasteiger partial charge >= 0.3 is 6.18 Å². The molecule has 2 aromatic heterocycles. The van der Waals surface area contributed by atoms with Crippen molar-refractivity contribution < 1.29 is 13.2 Å². The highest BCUT2D eigenvalue weighted by atomic mass is 35.5. The van der Waals surface area contributed by atoms with E-state index in [9.17, 15) is 13.2 Å². The predicted octanol–water partition coefficient (Wildman–Crippen LogP) is 4.64. The van der Waals surface area contributed by atoms with E-state index in [1.807, 2.05) is 6.07 Å². The molecule has 3 N–H and O–H groups in total. The van der Waals surface area contributed by atoms with Crippen molar-refractivity contribution in [3.63, 3.8) is 0 Å². The van der Waals surface area contributed by atoms with Gasteiger partial charge in [0.1, 0.15) is 0 Å². The molecule has 27 heavy (non-hydrogen) atoms. The Bertz CT molecular complexity index is 849. The van der Waals surface area contributed by atoms with E-state index >= 15 is 0 Å². The van der Waals surface area contributed by atoms with E-state index in [1.165, 1.54) is 6.07 Å². The first-order valence-corrected chi connectivity index (χ1v) is 8.41. The first-order chi connectivity index (χ1) is 12.4. The topological polar surface area (TPSA) is 65.6 Å². The van der Waals surface area contributed by atoms with Gasteiger partial charge in [0.2, 0.25) is 5.95 Å². The van der Waals surface area contributed by atoms with E-state index in [4.69, 9.17) is 11.6 Å². The van der Waals surface area contributed by atoms with Crippen molar-refractivity contribution in [3.05, 3.63) is 52.8 Å². The summed E-state index contributed by atoms with van der Waals surface area (Å²) in [6, 6.07) is 5.76. The van der Waals surface area contributed by atoms with Gasteiger partial charge in [-0.3, -0.25) is 4.98 Å². The number of benzene rings is 1. The number of fused-ring (bicyclic) bond motifs is 1. The summed E-state index contributed by atoms with van der Waals surface area (Å²) >= 11 is 5.61. The van der Waals surface area contributed by atoms with Crippen LogP contribution in [0, 0.1) is 0 Å². The molecule has 0 atom stereocenters. The van der Waals surface area contributed by atoms with Crippen LogP contribution >= 0.6 is 24.0 Å². The van der Waals surface area contributed by atoms with Gasteiger partial charge in [-0.05, 0) is 36.7 Å². The number of hydrogen-bond acceptors (Lipinski definition) is 4. The molecule has 3 aromatic rings. The first kappa shape index (κ1) is 21.3. The van der Waals surface area contributed by atoms with Gasteiger partial charge in [0.15, 0.2) is 0 Å². The number of anilines is 1. The molecular weight excluding hydrogens is 402 g/mol. The van der Waals surface area contributed by atoms with Gasteiger partial charge in [-0.2, -0.15) is 13.2 Å². The number of aromatic nitrogens is 3. The van der Waals surface area contributed by atoms with Gasteiger partial charge in [0, 0.05) is 19.3 Å². The highest BCUT2D eigenvalue weighted by molar-refractivity contribution is 6.31. The van der Waals surface area contributed by atoms with Crippen molar-refractivity contribution in [2.75, 3.05) is 18.4 Å². The summed E-state index contributed by atoms with van der Waals surface area (Å²) in [5.74, 6) is 0.667. The number of halogens is 5. The summed E-state index contributed by atoms with van der Waals surface area (Å²) in [5.41, 5.74) is 1.43. The molecule has 5 nitrogen and oxygen atoms in total. The second-order valence-corrected chi connectivity index (χ2v) is 6.15. The zero-order valence-electron chi connectivity index (χ0n) is 14.1. The molecule has 0 radical (unpaired) electrons. The second-order valence-electron chi connectivity index (χ2n) is 5.75. The zero-order valence-corrected chi connectivity index (χ0v) is 15.7. The number of nitrogens with one attached hydrogen (secondary N) is 3. The Morgan fingerprint density at radius 2 is 1.96 bits per heavy atom. The number of rotatable bonds is 7. The van der Waals surface area contributed by atoms with Gasteiger partial charge in [-0.15, -0.1) is 12.4 Å². The number of pyridine rings is 1. The van der Waals surface area contributed by atoms with Crippen LogP contribution < -0.4 is 10.6 Å². The fourth-order valence-electron chi connectivity index (χ4n) is 2.49. The molecular formula is C17H18Cl2F3N5. The quantitative estimate of drug-likeness (QED) is 0.487. The molecule has 0 bridgehead atoms. The molecule has 1 aromatic carbocycles. The van der Waals surface area contributed by atoms with Crippen LogP contribution in [-0.4, -0.2) is 28.0 Å². The van der Waals surface area contributed by atoms with Crippen molar-refractivity contribution in [2.24, 2.45) is 0 Å². The molecule has 0 spiro atoms. The maximum Gasteiger partial charge on any atom is 0.417 e. The largest absolute Gasteiger partial charge is 0.417 e. The number of H-pyrrole nitrogens is 1. The molecule has 10 heteroatoms. The minimum Gasteiger partial charge on any atom is -0.356 e. The molecule has 0 aliphatic carbocycles. The normalized spacial score (nSPS) is 11.4. The van der Waals surface area contributed by atoms with Gasteiger partial charge in [-0.1, -0.05) is 17.7 Å². The molecule has 2 heterocycles. The second kappa shape index (κ2) is 9.25. The van der Waals surface area contributed by atoms with Crippen molar-refractivity contribution in [1.82, 2.24) is 20.3 Å². The number of nitrogens with zero attached hydrogens (tertiary/aromatic N) is 2. The molecule has 0 fully saturated rings. The van der Waals surface area contributed by atoms with Crippen molar-refractivity contribution in [3.8, 4) is 0 Å². The molecule has 0 aliphatic rings. The lowest BCUT2D eigenvalue weighted by atomic mass is 10.1. The molecule has 0 aliphatic heterocycles. The fraction of sp³-hybridized carbons (Fsp3) is 0.294. The summed E-state index contributed by atoms with van der Waals surface area (Å²) < 4.78 is 38.5. The summed E-state index contributed by atoms with van der Waals surface area (Å²) in [7, 11) is 0. The highest BCUT2D eigenvalue weighted by Gasteiger charge is 2.33. The molecule has 3 rings (SSSR count). The number of aromatic amines is 1. The van der Waals surface area contributed by atoms with E-state index < -0.39 is 11.7 Å². The van der Waals surface area contributed by atoms with E-state index in [-0.39, 0.29) is 17.4 Å². The van der Waals surface area contributed by atoms with Crippen LogP contribution in [-0.2, 0) is 12.7 Å². The lowest BCUT2D eigenvalue weighted by Gasteiger charge is -2.11. The van der Waals surface area contributed by atoms with Crippen LogP contribution in [0.15, 0.2) is 36.7 Å². The molecule has 0 saturated heterocycles. The summed E-state index contributed by atoms with van der Waals surface area (Å²) in [5, 5.41) is 6.00. The number of hydrogen-bond donors (Lipinski definition) is 3. The molecule has 0 amide bonds. The number of imidazole rings is 1. The monoisotopic (exact) mass is 419 g/mol. The van der Waals surface area contributed by atoms with Crippen LogP contribution in [0.1, 0.15) is 17.5 Å².